The first kappa shape index (κ1) is 23.8. The van der Waals surface area contributed by atoms with Crippen LogP contribution in [0.15, 0.2) is 82.6 Å². The van der Waals surface area contributed by atoms with Crippen molar-refractivity contribution in [1.82, 2.24) is 4.90 Å². The number of carbonyl (C=O) groups is 2. The Labute approximate surface area is 203 Å². The highest BCUT2D eigenvalue weighted by atomic mass is 32.2. The molecule has 0 spiro atoms. The van der Waals surface area contributed by atoms with E-state index in [1.807, 2.05) is 42.7 Å². The molecular formula is C25H25N3O4S2. The number of likely N-dealkylation sites (N-methyl/N-ethyl adjacent to an activating group) is 1. The van der Waals surface area contributed by atoms with E-state index >= 15 is 0 Å². The summed E-state index contributed by atoms with van der Waals surface area (Å²) in [5.74, 6) is -0.776. The van der Waals surface area contributed by atoms with E-state index in [9.17, 15) is 18.0 Å². The van der Waals surface area contributed by atoms with Crippen molar-refractivity contribution in [3.05, 3.63) is 83.9 Å². The van der Waals surface area contributed by atoms with Gasteiger partial charge in [-0.05, 0) is 54.6 Å². The minimum absolute atomic E-state index is 0.0433. The monoisotopic (exact) mass is 495 g/mol. The van der Waals surface area contributed by atoms with Crippen molar-refractivity contribution in [1.29, 1.82) is 0 Å². The van der Waals surface area contributed by atoms with E-state index in [-0.39, 0.29) is 22.9 Å². The molecule has 4 rings (SSSR count). The van der Waals surface area contributed by atoms with Gasteiger partial charge in [-0.25, -0.2) is 8.42 Å². The topological polar surface area (TPSA) is 86.8 Å². The Kier molecular flexibility index (Phi) is 6.95. The summed E-state index contributed by atoms with van der Waals surface area (Å²) in [4.78, 5) is 27.8. The maximum absolute atomic E-state index is 13.3. The average Bonchev–Trinajstić information content (AvgIpc) is 3.29. The van der Waals surface area contributed by atoms with Crippen LogP contribution in [0.2, 0.25) is 0 Å². The number of amides is 2. The third-order valence-electron chi connectivity index (χ3n) is 5.62. The van der Waals surface area contributed by atoms with Crippen molar-refractivity contribution in [2.75, 3.05) is 36.0 Å². The number of carbonyl (C=O) groups excluding carboxylic acids is 2. The van der Waals surface area contributed by atoms with Gasteiger partial charge in [0.25, 0.3) is 15.9 Å². The van der Waals surface area contributed by atoms with E-state index in [0.29, 0.717) is 24.3 Å². The van der Waals surface area contributed by atoms with Crippen molar-refractivity contribution in [2.45, 2.75) is 16.2 Å². The fourth-order valence-electron chi connectivity index (χ4n) is 3.92. The lowest BCUT2D eigenvalue weighted by Gasteiger charge is -2.21. The van der Waals surface area contributed by atoms with Crippen molar-refractivity contribution in [3.63, 3.8) is 0 Å². The van der Waals surface area contributed by atoms with Crippen LogP contribution in [0.3, 0.4) is 0 Å². The highest BCUT2D eigenvalue weighted by molar-refractivity contribution is 7.98. The zero-order valence-electron chi connectivity index (χ0n) is 18.9. The number of sulfonamides is 1. The molecule has 1 N–H and O–H groups in total. The lowest BCUT2D eigenvalue weighted by Crippen LogP contribution is -2.35. The van der Waals surface area contributed by atoms with E-state index in [1.54, 1.807) is 24.3 Å². The van der Waals surface area contributed by atoms with Crippen molar-refractivity contribution in [2.24, 2.45) is 0 Å². The zero-order chi connectivity index (χ0) is 24.3. The number of hydrogen-bond donors (Lipinski definition) is 1. The summed E-state index contributed by atoms with van der Waals surface area (Å²) < 4.78 is 28.0. The van der Waals surface area contributed by atoms with Gasteiger partial charge < -0.3 is 10.2 Å². The van der Waals surface area contributed by atoms with Gasteiger partial charge in [0.05, 0.1) is 22.8 Å². The first-order valence-electron chi connectivity index (χ1n) is 10.7. The SMILES string of the molecule is CSc1ccccc1NC(=O)CN(C)C(=O)c1cccc(S(=O)(=O)N2CCc3ccccc32)c1. The Morgan fingerprint density at radius 2 is 1.76 bits per heavy atom. The van der Waals surface area contributed by atoms with Gasteiger partial charge in [0.15, 0.2) is 0 Å². The first-order valence-corrected chi connectivity index (χ1v) is 13.4. The Balaban J connectivity index is 1.49. The molecule has 0 radical (unpaired) electrons. The normalized spacial score (nSPS) is 12.8. The molecule has 176 valence electrons. The molecule has 34 heavy (non-hydrogen) atoms. The van der Waals surface area contributed by atoms with Crippen LogP contribution in [0.25, 0.3) is 0 Å². The quantitative estimate of drug-likeness (QED) is 0.503. The highest BCUT2D eigenvalue weighted by Crippen LogP contribution is 2.33. The van der Waals surface area contributed by atoms with Gasteiger partial charge in [0.1, 0.15) is 0 Å². The van der Waals surface area contributed by atoms with Crippen LogP contribution >= 0.6 is 11.8 Å². The predicted molar refractivity (Wildman–Crippen MR) is 135 cm³/mol. The second-order valence-electron chi connectivity index (χ2n) is 7.89. The number of anilines is 2. The summed E-state index contributed by atoms with van der Waals surface area (Å²) in [6.07, 6.45) is 2.56. The molecule has 1 heterocycles. The second-order valence-corrected chi connectivity index (χ2v) is 10.6. The van der Waals surface area contributed by atoms with Gasteiger partial charge in [0, 0.05) is 24.1 Å². The smallest absolute Gasteiger partial charge is 0.264 e. The number of hydrogen-bond acceptors (Lipinski definition) is 5. The Hall–Kier alpha value is -3.30. The summed E-state index contributed by atoms with van der Waals surface area (Å²) >= 11 is 1.51. The van der Waals surface area contributed by atoms with Crippen LogP contribution in [-0.4, -0.2) is 51.5 Å². The number of nitrogens with zero attached hydrogens (tertiary/aromatic N) is 2. The molecule has 0 saturated heterocycles. The Morgan fingerprint density at radius 3 is 2.56 bits per heavy atom. The minimum atomic E-state index is -3.82. The zero-order valence-corrected chi connectivity index (χ0v) is 20.5. The molecule has 3 aromatic rings. The number of thioether (sulfide) groups is 1. The number of para-hydroxylation sites is 2. The summed E-state index contributed by atoms with van der Waals surface area (Å²) in [6.45, 7) is 0.190. The van der Waals surface area contributed by atoms with Gasteiger partial charge >= 0.3 is 0 Å². The molecule has 1 aliphatic rings. The molecular weight excluding hydrogens is 470 g/mol. The van der Waals surface area contributed by atoms with Gasteiger partial charge in [-0.3, -0.25) is 13.9 Å². The van der Waals surface area contributed by atoms with Crippen molar-refractivity contribution >= 4 is 45.0 Å². The molecule has 9 heteroatoms. The van der Waals surface area contributed by atoms with Gasteiger partial charge in [-0.15, -0.1) is 11.8 Å². The third kappa shape index (κ3) is 4.80. The van der Waals surface area contributed by atoms with Crippen LogP contribution < -0.4 is 9.62 Å². The van der Waals surface area contributed by atoms with Crippen molar-refractivity contribution in [3.8, 4) is 0 Å². The molecule has 0 bridgehead atoms. The van der Waals surface area contributed by atoms with Crippen LogP contribution in [0, 0.1) is 0 Å². The standard InChI is InChI=1S/C25H25N3O4S2/c1-27(17-24(29)26-21-11-4-6-13-23(21)33-2)25(30)19-9-7-10-20(16-19)34(31,32)28-15-14-18-8-3-5-12-22(18)28/h3-13,16H,14-15,17H2,1-2H3,(H,26,29). The Bertz CT molecular complexity index is 1340. The molecule has 7 nitrogen and oxygen atoms in total. The molecule has 0 unspecified atom stereocenters. The lowest BCUT2D eigenvalue weighted by atomic mass is 10.2. The molecule has 0 fully saturated rings. The summed E-state index contributed by atoms with van der Waals surface area (Å²) in [5.41, 5.74) is 2.53. The summed E-state index contributed by atoms with van der Waals surface area (Å²) in [6, 6.07) is 20.8. The molecule has 0 saturated carbocycles. The van der Waals surface area contributed by atoms with Crippen LogP contribution in [0.4, 0.5) is 11.4 Å². The lowest BCUT2D eigenvalue weighted by molar-refractivity contribution is -0.116. The molecule has 3 aromatic carbocycles. The fraction of sp³-hybridized carbons (Fsp3) is 0.200. The van der Waals surface area contributed by atoms with Gasteiger partial charge in [-0.1, -0.05) is 36.4 Å². The second kappa shape index (κ2) is 9.90. The fourth-order valence-corrected chi connectivity index (χ4v) is 6.02. The van der Waals surface area contributed by atoms with Crippen LogP contribution in [0.5, 0.6) is 0 Å². The largest absolute Gasteiger partial charge is 0.332 e. The van der Waals surface area contributed by atoms with Crippen molar-refractivity contribution < 1.29 is 18.0 Å². The van der Waals surface area contributed by atoms with E-state index in [4.69, 9.17) is 0 Å². The maximum atomic E-state index is 13.3. The molecule has 0 aromatic heterocycles. The maximum Gasteiger partial charge on any atom is 0.264 e. The van der Waals surface area contributed by atoms with Crippen LogP contribution in [-0.2, 0) is 21.2 Å². The van der Waals surface area contributed by atoms with E-state index in [1.165, 1.54) is 40.1 Å². The van der Waals surface area contributed by atoms with Gasteiger partial charge in [-0.2, -0.15) is 0 Å². The summed E-state index contributed by atoms with van der Waals surface area (Å²) in [7, 11) is -2.31. The molecule has 0 atom stereocenters. The molecule has 2 amide bonds. The van der Waals surface area contributed by atoms with E-state index in [2.05, 4.69) is 5.32 Å². The van der Waals surface area contributed by atoms with Gasteiger partial charge in [0.2, 0.25) is 5.91 Å². The molecule has 1 aliphatic heterocycles. The first-order chi connectivity index (χ1) is 16.3. The number of rotatable bonds is 7. The Morgan fingerprint density at radius 1 is 1.03 bits per heavy atom. The third-order valence-corrected chi connectivity index (χ3v) is 8.23. The number of fused-ring (bicyclic) bond motifs is 1. The minimum Gasteiger partial charge on any atom is -0.332 e. The van der Waals surface area contributed by atoms with E-state index < -0.39 is 15.9 Å². The number of nitrogens with one attached hydrogen (secondary N) is 1. The highest BCUT2D eigenvalue weighted by Gasteiger charge is 2.31. The predicted octanol–water partition coefficient (Wildman–Crippen LogP) is 3.87. The number of benzene rings is 3. The van der Waals surface area contributed by atoms with Crippen LogP contribution in [0.1, 0.15) is 15.9 Å². The molecule has 0 aliphatic carbocycles. The average molecular weight is 496 g/mol. The summed E-state index contributed by atoms with van der Waals surface area (Å²) in [5, 5.41) is 2.82. The van der Waals surface area contributed by atoms with E-state index in [0.717, 1.165) is 10.5 Å².